The van der Waals surface area contributed by atoms with Crippen LogP contribution in [0.1, 0.15) is 50.5 Å². The van der Waals surface area contributed by atoms with E-state index in [-0.39, 0.29) is 0 Å². The van der Waals surface area contributed by atoms with Gasteiger partial charge in [0.15, 0.2) is 0 Å². The second-order valence-electron chi connectivity index (χ2n) is 6.13. The summed E-state index contributed by atoms with van der Waals surface area (Å²) in [5.41, 5.74) is 7.90. The molecular formula is C21H29NO. The normalized spacial score (nSPS) is 10.6. The fourth-order valence-electron chi connectivity index (χ4n) is 2.71. The summed E-state index contributed by atoms with van der Waals surface area (Å²) in [5.74, 6) is 0.917. The Bertz CT molecular complexity index is 521. The van der Waals surface area contributed by atoms with E-state index in [2.05, 4.69) is 30.3 Å². The minimum Gasteiger partial charge on any atom is -0.494 e. The Hall–Kier alpha value is -1.96. The van der Waals surface area contributed by atoms with Gasteiger partial charge in [0.2, 0.25) is 0 Å². The lowest BCUT2D eigenvalue weighted by Crippen LogP contribution is -1.97. The predicted octanol–water partition coefficient (Wildman–Crippen LogP) is 5.62. The van der Waals surface area contributed by atoms with Gasteiger partial charge in [-0.1, -0.05) is 62.4 Å². The number of benzene rings is 2. The smallest absolute Gasteiger partial charge is 0.119 e. The number of nitrogen functional groups attached to an aromatic ring is 1. The Morgan fingerprint density at radius 2 is 1.26 bits per heavy atom. The summed E-state index contributed by atoms with van der Waals surface area (Å²) in [5, 5.41) is 0. The van der Waals surface area contributed by atoms with E-state index in [4.69, 9.17) is 10.5 Å². The highest BCUT2D eigenvalue weighted by atomic mass is 16.5. The molecule has 0 heterocycles. The van der Waals surface area contributed by atoms with Crippen molar-refractivity contribution in [2.24, 2.45) is 0 Å². The molecule has 0 amide bonds. The van der Waals surface area contributed by atoms with Crippen LogP contribution in [-0.4, -0.2) is 6.61 Å². The average molecular weight is 311 g/mol. The van der Waals surface area contributed by atoms with E-state index < -0.39 is 0 Å². The molecule has 2 aromatic carbocycles. The van der Waals surface area contributed by atoms with Gasteiger partial charge in [-0.2, -0.15) is 0 Å². The van der Waals surface area contributed by atoms with Crippen LogP contribution in [0.15, 0.2) is 54.6 Å². The van der Waals surface area contributed by atoms with E-state index in [9.17, 15) is 0 Å². The van der Waals surface area contributed by atoms with Gasteiger partial charge in [0.1, 0.15) is 5.75 Å². The third-order valence-corrected chi connectivity index (χ3v) is 4.10. The monoisotopic (exact) mass is 311 g/mol. The van der Waals surface area contributed by atoms with Crippen molar-refractivity contribution in [2.45, 2.75) is 51.4 Å². The van der Waals surface area contributed by atoms with Crippen LogP contribution in [-0.2, 0) is 6.42 Å². The van der Waals surface area contributed by atoms with Crippen LogP contribution in [0.2, 0.25) is 0 Å². The molecule has 2 aromatic rings. The lowest BCUT2D eigenvalue weighted by atomic mass is 10.0. The zero-order valence-electron chi connectivity index (χ0n) is 14.0. The van der Waals surface area contributed by atoms with Gasteiger partial charge in [-0.25, -0.2) is 0 Å². The van der Waals surface area contributed by atoms with Crippen molar-refractivity contribution in [3.05, 3.63) is 60.2 Å². The van der Waals surface area contributed by atoms with Gasteiger partial charge >= 0.3 is 0 Å². The van der Waals surface area contributed by atoms with Crippen LogP contribution >= 0.6 is 0 Å². The molecule has 2 nitrogen and oxygen atoms in total. The summed E-state index contributed by atoms with van der Waals surface area (Å²) in [4.78, 5) is 0. The number of rotatable bonds is 11. The first kappa shape index (κ1) is 17.4. The summed E-state index contributed by atoms with van der Waals surface area (Å²) in [6.45, 7) is 0.803. The summed E-state index contributed by atoms with van der Waals surface area (Å²) in [7, 11) is 0. The second-order valence-corrected chi connectivity index (χ2v) is 6.13. The van der Waals surface area contributed by atoms with E-state index in [1.54, 1.807) is 0 Å². The van der Waals surface area contributed by atoms with E-state index in [0.29, 0.717) is 0 Å². The molecule has 0 aliphatic heterocycles. The molecule has 2 N–H and O–H groups in total. The van der Waals surface area contributed by atoms with E-state index in [1.807, 2.05) is 24.3 Å². The molecule has 0 radical (unpaired) electrons. The Kier molecular flexibility index (Phi) is 8.10. The Morgan fingerprint density at radius 3 is 1.96 bits per heavy atom. The fourth-order valence-corrected chi connectivity index (χ4v) is 2.71. The van der Waals surface area contributed by atoms with Crippen molar-refractivity contribution in [3.63, 3.8) is 0 Å². The zero-order valence-corrected chi connectivity index (χ0v) is 14.0. The number of ether oxygens (including phenoxy) is 1. The van der Waals surface area contributed by atoms with E-state index >= 15 is 0 Å². The molecule has 0 aliphatic rings. The molecule has 0 unspecified atom stereocenters. The molecule has 0 aromatic heterocycles. The first-order valence-corrected chi connectivity index (χ1v) is 8.87. The number of nitrogens with two attached hydrogens (primary N) is 1. The Labute approximate surface area is 140 Å². The lowest BCUT2D eigenvalue weighted by molar-refractivity contribution is 0.304. The van der Waals surface area contributed by atoms with Crippen molar-refractivity contribution in [3.8, 4) is 5.75 Å². The maximum Gasteiger partial charge on any atom is 0.119 e. The lowest BCUT2D eigenvalue weighted by Gasteiger charge is -2.06. The molecule has 0 atom stereocenters. The largest absolute Gasteiger partial charge is 0.494 e. The molecule has 0 aliphatic carbocycles. The second kappa shape index (κ2) is 10.7. The maximum absolute atomic E-state index is 5.70. The number of aryl methyl sites for hydroxylation is 1. The molecule has 2 rings (SSSR count). The number of hydrogen-bond donors (Lipinski definition) is 1. The summed E-state index contributed by atoms with van der Waals surface area (Å²) < 4.78 is 5.70. The van der Waals surface area contributed by atoms with Crippen molar-refractivity contribution in [2.75, 3.05) is 12.3 Å². The Balaban J connectivity index is 1.39. The number of hydrogen-bond acceptors (Lipinski definition) is 2. The molecule has 0 bridgehead atoms. The van der Waals surface area contributed by atoms with Gasteiger partial charge in [-0.3, -0.25) is 0 Å². The van der Waals surface area contributed by atoms with E-state index in [0.717, 1.165) is 24.5 Å². The van der Waals surface area contributed by atoms with Crippen molar-refractivity contribution >= 4 is 5.69 Å². The molecule has 0 fully saturated rings. The first-order valence-electron chi connectivity index (χ1n) is 8.87. The van der Waals surface area contributed by atoms with Crippen LogP contribution < -0.4 is 10.5 Å². The summed E-state index contributed by atoms with van der Waals surface area (Å²) in [6.07, 6.45) is 10.3. The molecule has 0 spiro atoms. The van der Waals surface area contributed by atoms with Crippen LogP contribution in [0.25, 0.3) is 0 Å². The molecule has 0 saturated heterocycles. The minimum atomic E-state index is 0.782. The highest BCUT2D eigenvalue weighted by Gasteiger charge is 1.96. The topological polar surface area (TPSA) is 35.2 Å². The van der Waals surface area contributed by atoms with E-state index in [1.165, 1.54) is 50.5 Å². The van der Waals surface area contributed by atoms with Crippen molar-refractivity contribution < 1.29 is 4.74 Å². The molecule has 23 heavy (non-hydrogen) atoms. The first-order chi connectivity index (χ1) is 11.3. The molecule has 124 valence electrons. The van der Waals surface area contributed by atoms with Crippen molar-refractivity contribution in [1.29, 1.82) is 0 Å². The predicted molar refractivity (Wildman–Crippen MR) is 98.8 cm³/mol. The Morgan fingerprint density at radius 1 is 0.652 bits per heavy atom. The number of anilines is 1. The van der Waals surface area contributed by atoms with Gasteiger partial charge in [-0.05, 0) is 49.1 Å². The SMILES string of the molecule is Nc1ccc(OCCCCCCCCCc2ccccc2)cc1. The average Bonchev–Trinajstić information content (AvgIpc) is 2.59. The fraction of sp³-hybridized carbons (Fsp3) is 0.429. The maximum atomic E-state index is 5.70. The highest BCUT2D eigenvalue weighted by molar-refractivity contribution is 5.41. The summed E-state index contributed by atoms with van der Waals surface area (Å²) >= 11 is 0. The highest BCUT2D eigenvalue weighted by Crippen LogP contribution is 2.14. The summed E-state index contributed by atoms with van der Waals surface area (Å²) in [6, 6.07) is 18.4. The van der Waals surface area contributed by atoms with Crippen LogP contribution in [0.3, 0.4) is 0 Å². The van der Waals surface area contributed by atoms with Crippen molar-refractivity contribution in [1.82, 2.24) is 0 Å². The zero-order chi connectivity index (χ0) is 16.2. The standard InChI is InChI=1S/C21H29NO/c22-20-14-16-21(17-15-20)23-18-10-5-3-1-2-4-7-11-19-12-8-6-9-13-19/h6,8-9,12-17H,1-5,7,10-11,18,22H2. The van der Waals surface area contributed by atoms with Gasteiger partial charge in [0.05, 0.1) is 6.61 Å². The third-order valence-electron chi connectivity index (χ3n) is 4.10. The van der Waals surface area contributed by atoms with Crippen LogP contribution in [0.5, 0.6) is 5.75 Å². The molecular weight excluding hydrogens is 282 g/mol. The minimum absolute atomic E-state index is 0.782. The number of unbranched alkanes of at least 4 members (excludes halogenated alkanes) is 6. The van der Waals surface area contributed by atoms with Gasteiger partial charge in [-0.15, -0.1) is 0 Å². The van der Waals surface area contributed by atoms with Crippen LogP contribution in [0.4, 0.5) is 5.69 Å². The quantitative estimate of drug-likeness (QED) is 0.432. The molecule has 0 saturated carbocycles. The third kappa shape index (κ3) is 7.73. The van der Waals surface area contributed by atoms with Gasteiger partial charge in [0, 0.05) is 5.69 Å². The van der Waals surface area contributed by atoms with Gasteiger partial charge in [0.25, 0.3) is 0 Å². The van der Waals surface area contributed by atoms with Gasteiger partial charge < -0.3 is 10.5 Å². The molecule has 2 heteroatoms. The van der Waals surface area contributed by atoms with Crippen LogP contribution in [0, 0.1) is 0 Å².